The molecule has 0 aromatic heterocycles. The topological polar surface area (TPSA) is 77.9 Å². The van der Waals surface area contributed by atoms with Gasteiger partial charge in [-0.2, -0.15) is 4.31 Å². The van der Waals surface area contributed by atoms with Crippen molar-refractivity contribution in [2.75, 3.05) is 19.7 Å². The van der Waals surface area contributed by atoms with Crippen LogP contribution in [0.3, 0.4) is 0 Å². The van der Waals surface area contributed by atoms with Crippen molar-refractivity contribution < 1.29 is 22.7 Å². The third kappa shape index (κ3) is 4.54. The standard InChI is InChI=1S/C25H27FN2O4S/c1-17(2)5-3-6-18-9-11-19(12-10-18)25-22-14-27(15-24(30)28(22)23(25)16-29)33(31,32)21-8-4-7-20(26)13-21/h4,7-13,17,22-23,25,29H,5,14-16H2,1-2H3/t22-,23-,25-/m0/s1. The smallest absolute Gasteiger partial charge is 0.243 e. The van der Waals surface area contributed by atoms with Crippen molar-refractivity contribution in [1.82, 2.24) is 9.21 Å². The lowest BCUT2D eigenvalue weighted by Crippen LogP contribution is -2.73. The lowest BCUT2D eigenvalue weighted by atomic mass is 9.74. The Morgan fingerprint density at radius 3 is 2.55 bits per heavy atom. The summed E-state index contributed by atoms with van der Waals surface area (Å²) >= 11 is 0. The third-order valence-corrected chi connectivity index (χ3v) is 8.00. The van der Waals surface area contributed by atoms with Crippen molar-refractivity contribution in [3.63, 3.8) is 0 Å². The molecule has 2 aliphatic heterocycles. The van der Waals surface area contributed by atoms with Gasteiger partial charge >= 0.3 is 0 Å². The van der Waals surface area contributed by atoms with Crippen molar-refractivity contribution in [3.8, 4) is 11.8 Å². The maximum absolute atomic E-state index is 13.6. The minimum Gasteiger partial charge on any atom is -0.394 e. The van der Waals surface area contributed by atoms with Gasteiger partial charge in [0.1, 0.15) is 5.82 Å². The molecule has 0 bridgehead atoms. The van der Waals surface area contributed by atoms with Crippen molar-refractivity contribution in [2.24, 2.45) is 5.92 Å². The van der Waals surface area contributed by atoms with Gasteiger partial charge in [0.05, 0.1) is 30.1 Å². The highest BCUT2D eigenvalue weighted by Crippen LogP contribution is 2.43. The highest BCUT2D eigenvalue weighted by Gasteiger charge is 2.55. The fraction of sp³-hybridized carbons (Fsp3) is 0.400. The zero-order valence-corrected chi connectivity index (χ0v) is 19.4. The number of rotatable bonds is 5. The Bertz CT molecular complexity index is 1200. The van der Waals surface area contributed by atoms with Gasteiger partial charge in [-0.25, -0.2) is 12.8 Å². The summed E-state index contributed by atoms with van der Waals surface area (Å²) in [6, 6.07) is 11.7. The van der Waals surface area contributed by atoms with Gasteiger partial charge in [-0.3, -0.25) is 4.79 Å². The van der Waals surface area contributed by atoms with Crippen LogP contribution in [0.5, 0.6) is 0 Å². The molecule has 2 aromatic carbocycles. The Morgan fingerprint density at radius 2 is 1.91 bits per heavy atom. The van der Waals surface area contributed by atoms with Crippen LogP contribution < -0.4 is 0 Å². The lowest BCUT2D eigenvalue weighted by Gasteiger charge is -2.58. The first kappa shape index (κ1) is 23.4. The number of carbonyl (C=O) groups excluding carboxylic acids is 1. The Morgan fingerprint density at radius 1 is 1.18 bits per heavy atom. The number of aliphatic hydroxyl groups excluding tert-OH is 1. The summed E-state index contributed by atoms with van der Waals surface area (Å²) < 4.78 is 40.9. The zero-order valence-electron chi connectivity index (χ0n) is 18.6. The molecule has 33 heavy (non-hydrogen) atoms. The molecule has 4 rings (SSSR count). The second-order valence-electron chi connectivity index (χ2n) is 8.92. The van der Waals surface area contributed by atoms with Gasteiger partial charge in [0.15, 0.2) is 0 Å². The molecule has 0 saturated carbocycles. The Labute approximate surface area is 194 Å². The van der Waals surface area contributed by atoms with Crippen molar-refractivity contribution in [3.05, 3.63) is 65.5 Å². The van der Waals surface area contributed by atoms with Crippen LogP contribution in [0.15, 0.2) is 53.4 Å². The van der Waals surface area contributed by atoms with Crippen LogP contribution in [0.4, 0.5) is 4.39 Å². The maximum Gasteiger partial charge on any atom is 0.243 e. The molecular formula is C25H27FN2O4S. The first-order valence-electron chi connectivity index (χ1n) is 11.0. The molecule has 2 aliphatic rings. The zero-order chi connectivity index (χ0) is 23.8. The van der Waals surface area contributed by atoms with Gasteiger partial charge in [0, 0.05) is 24.4 Å². The van der Waals surface area contributed by atoms with Crippen LogP contribution >= 0.6 is 0 Å². The Balaban J connectivity index is 1.57. The summed E-state index contributed by atoms with van der Waals surface area (Å²) in [6.07, 6.45) is 0.811. The molecule has 6 nitrogen and oxygen atoms in total. The summed E-state index contributed by atoms with van der Waals surface area (Å²) in [5, 5.41) is 9.94. The van der Waals surface area contributed by atoms with Gasteiger partial charge in [-0.1, -0.05) is 43.9 Å². The van der Waals surface area contributed by atoms with Crippen LogP contribution in [0.2, 0.25) is 0 Å². The third-order valence-electron chi connectivity index (χ3n) is 6.19. The molecule has 0 radical (unpaired) electrons. The van der Waals surface area contributed by atoms with E-state index >= 15 is 0 Å². The second-order valence-corrected chi connectivity index (χ2v) is 10.9. The van der Waals surface area contributed by atoms with Gasteiger partial charge in [0.25, 0.3) is 0 Å². The molecule has 2 heterocycles. The SMILES string of the molecule is CC(C)CC#Cc1ccc([C@@H]2[C@H](CO)N3C(=O)CN(S(=O)(=O)c4cccc(F)c4)C[C@@H]23)cc1. The number of amides is 1. The second kappa shape index (κ2) is 9.26. The molecule has 1 amide bonds. The van der Waals surface area contributed by atoms with Gasteiger partial charge < -0.3 is 10.0 Å². The minimum absolute atomic E-state index is 0.0850. The largest absolute Gasteiger partial charge is 0.394 e. The number of piperazine rings is 1. The number of aliphatic hydroxyl groups is 1. The van der Waals surface area contributed by atoms with Crippen LogP contribution in [0, 0.1) is 23.6 Å². The van der Waals surface area contributed by atoms with Crippen LogP contribution in [-0.4, -0.2) is 60.4 Å². The van der Waals surface area contributed by atoms with Gasteiger partial charge in [0.2, 0.25) is 15.9 Å². The fourth-order valence-corrected chi connectivity index (χ4v) is 6.01. The number of benzene rings is 2. The Hall–Kier alpha value is -2.73. The number of fused-ring (bicyclic) bond motifs is 1. The summed E-state index contributed by atoms with van der Waals surface area (Å²) in [4.78, 5) is 14.2. The summed E-state index contributed by atoms with van der Waals surface area (Å²) in [5.41, 5.74) is 1.80. The van der Waals surface area contributed by atoms with Crippen molar-refractivity contribution >= 4 is 15.9 Å². The first-order valence-corrected chi connectivity index (χ1v) is 12.4. The summed E-state index contributed by atoms with van der Waals surface area (Å²) in [7, 11) is -4.03. The molecule has 2 fully saturated rings. The molecule has 8 heteroatoms. The highest BCUT2D eigenvalue weighted by atomic mass is 32.2. The number of hydrogen-bond donors (Lipinski definition) is 1. The predicted molar refractivity (Wildman–Crippen MR) is 122 cm³/mol. The molecule has 1 N–H and O–H groups in total. The van der Waals surface area contributed by atoms with E-state index in [0.29, 0.717) is 5.92 Å². The molecule has 0 aliphatic carbocycles. The normalized spacial score (nSPS) is 23.0. The number of nitrogens with zero attached hydrogens (tertiary/aromatic N) is 2. The molecular weight excluding hydrogens is 443 g/mol. The van der Waals surface area contributed by atoms with E-state index in [0.717, 1.165) is 27.9 Å². The van der Waals surface area contributed by atoms with E-state index in [2.05, 4.69) is 25.7 Å². The number of sulfonamides is 1. The molecule has 2 saturated heterocycles. The van der Waals surface area contributed by atoms with Crippen LogP contribution in [-0.2, 0) is 14.8 Å². The molecule has 0 spiro atoms. The average molecular weight is 471 g/mol. The molecule has 0 unspecified atom stereocenters. The first-order chi connectivity index (χ1) is 15.7. The summed E-state index contributed by atoms with van der Waals surface area (Å²) in [6.45, 7) is 3.76. The predicted octanol–water partition coefficient (Wildman–Crippen LogP) is 2.58. The van der Waals surface area contributed by atoms with E-state index in [9.17, 15) is 22.7 Å². The average Bonchev–Trinajstić information content (AvgIpc) is 2.76. The molecule has 174 valence electrons. The van der Waals surface area contributed by atoms with Gasteiger partial charge in [-0.05, 0) is 41.8 Å². The molecule has 2 aromatic rings. The van der Waals surface area contributed by atoms with E-state index in [-0.39, 0.29) is 36.4 Å². The monoisotopic (exact) mass is 470 g/mol. The highest BCUT2D eigenvalue weighted by molar-refractivity contribution is 7.89. The fourth-order valence-electron chi connectivity index (χ4n) is 4.58. The molecule has 3 atom stereocenters. The quantitative estimate of drug-likeness (QED) is 0.682. The van der Waals surface area contributed by atoms with Crippen LogP contribution in [0.25, 0.3) is 0 Å². The van der Waals surface area contributed by atoms with Crippen LogP contribution in [0.1, 0.15) is 37.3 Å². The minimum atomic E-state index is -4.03. The lowest BCUT2D eigenvalue weighted by molar-refractivity contribution is -0.158. The van der Waals surface area contributed by atoms with E-state index in [1.54, 1.807) is 4.90 Å². The number of halogens is 1. The number of carbonyl (C=O) groups is 1. The maximum atomic E-state index is 13.6. The van der Waals surface area contributed by atoms with E-state index in [1.165, 1.54) is 18.2 Å². The van der Waals surface area contributed by atoms with E-state index < -0.39 is 27.9 Å². The van der Waals surface area contributed by atoms with Gasteiger partial charge in [-0.15, -0.1) is 0 Å². The summed E-state index contributed by atoms with van der Waals surface area (Å²) in [5.74, 6) is 5.56. The van der Waals surface area contributed by atoms with E-state index in [1.807, 2.05) is 24.3 Å². The Kier molecular flexibility index (Phi) is 6.57. The number of hydrogen-bond acceptors (Lipinski definition) is 4. The van der Waals surface area contributed by atoms with Crippen molar-refractivity contribution in [2.45, 2.75) is 43.2 Å². The van der Waals surface area contributed by atoms with E-state index in [4.69, 9.17) is 0 Å². The van der Waals surface area contributed by atoms with Crippen molar-refractivity contribution in [1.29, 1.82) is 0 Å².